The molecule has 1 N–H and O–H groups in total. The highest BCUT2D eigenvalue weighted by molar-refractivity contribution is 5.82. The number of benzene rings is 2. The highest BCUT2D eigenvalue weighted by Gasteiger charge is 2.32. The maximum absolute atomic E-state index is 12.9. The smallest absolute Gasteiger partial charge is 0.330 e. The highest BCUT2D eigenvalue weighted by Crippen LogP contribution is 2.32. The van der Waals surface area contributed by atoms with Gasteiger partial charge in [-0.1, -0.05) is 19.7 Å². The maximum atomic E-state index is 12.9. The summed E-state index contributed by atoms with van der Waals surface area (Å²) in [7, 11) is 0. The van der Waals surface area contributed by atoms with E-state index in [-0.39, 0.29) is 63.4 Å². The zero-order valence-corrected chi connectivity index (χ0v) is 32.8. The number of unbranched alkanes of at least 4 members (excludes halogenated alkanes) is 2. The van der Waals surface area contributed by atoms with E-state index < -0.39 is 30.1 Å². The Morgan fingerprint density at radius 2 is 0.948 bits per heavy atom. The minimum Gasteiger partial charge on any atom is -0.491 e. The first-order valence-corrected chi connectivity index (χ1v) is 19.2. The molecule has 2 aromatic rings. The van der Waals surface area contributed by atoms with Crippen LogP contribution in [-0.2, 0) is 47.7 Å². The Balaban J connectivity index is 1.31. The molecule has 1 aliphatic carbocycles. The van der Waals surface area contributed by atoms with Gasteiger partial charge in [-0.05, 0) is 99.9 Å². The molecule has 0 aliphatic heterocycles. The molecule has 2 unspecified atom stereocenters. The number of carbonyl (C=O) groups excluding carboxylic acids is 5. The van der Waals surface area contributed by atoms with Crippen LogP contribution in [0.2, 0.25) is 0 Å². The van der Waals surface area contributed by atoms with Gasteiger partial charge in [-0.2, -0.15) is 0 Å². The third-order valence-corrected chi connectivity index (χ3v) is 8.61. The zero-order valence-electron chi connectivity index (χ0n) is 32.8. The Bertz CT molecular complexity index is 1600. The number of hydrogen-bond acceptors (Lipinski definition) is 15. The van der Waals surface area contributed by atoms with Gasteiger partial charge < -0.3 is 47.7 Å². The van der Waals surface area contributed by atoms with E-state index >= 15 is 0 Å². The number of hydrogen-bond donors (Lipinski definition) is 1. The van der Waals surface area contributed by atoms with Gasteiger partial charge in [0.15, 0.2) is 6.10 Å². The van der Waals surface area contributed by atoms with Crippen molar-refractivity contribution >= 4 is 29.8 Å². The molecule has 15 heteroatoms. The van der Waals surface area contributed by atoms with Gasteiger partial charge in [0.2, 0.25) is 0 Å². The van der Waals surface area contributed by atoms with Gasteiger partial charge >= 0.3 is 29.8 Å². The Morgan fingerprint density at radius 1 is 0.552 bits per heavy atom. The van der Waals surface area contributed by atoms with Crippen LogP contribution in [-0.4, -0.2) is 100 Å². The van der Waals surface area contributed by atoms with Crippen molar-refractivity contribution in [2.75, 3.05) is 52.9 Å². The SMILES string of the molecule is C=CC(=O)OCCCCOCC(O)COc1ccc(OC(=O)C2CCC(C(=O)Oc3ccc(OCC(COCCCCOC(=O)C=C)OC(=O)C=C)cc3)CC2)cc1. The van der Waals surface area contributed by atoms with E-state index in [4.69, 9.17) is 42.6 Å². The second-order valence-electron chi connectivity index (χ2n) is 13.2. The van der Waals surface area contributed by atoms with Crippen LogP contribution in [0.1, 0.15) is 51.4 Å². The van der Waals surface area contributed by atoms with Crippen LogP contribution in [0.5, 0.6) is 23.0 Å². The summed E-state index contributed by atoms with van der Waals surface area (Å²) in [6.45, 7) is 11.6. The zero-order chi connectivity index (χ0) is 42.0. The van der Waals surface area contributed by atoms with E-state index in [1.165, 1.54) is 0 Å². The summed E-state index contributed by atoms with van der Waals surface area (Å²) in [5.74, 6) is -1.41. The van der Waals surface area contributed by atoms with Crippen molar-refractivity contribution in [2.24, 2.45) is 11.8 Å². The van der Waals surface area contributed by atoms with Gasteiger partial charge in [0.1, 0.15) is 42.3 Å². The molecule has 316 valence electrons. The van der Waals surface area contributed by atoms with Gasteiger partial charge in [0, 0.05) is 31.4 Å². The number of carbonyl (C=O) groups is 5. The molecule has 0 radical (unpaired) electrons. The summed E-state index contributed by atoms with van der Waals surface area (Å²) < 4.78 is 48.7. The summed E-state index contributed by atoms with van der Waals surface area (Å²) in [5.41, 5.74) is 0. The average Bonchev–Trinajstić information content (AvgIpc) is 3.24. The predicted octanol–water partition coefficient (Wildman–Crippen LogP) is 5.27. The minimum absolute atomic E-state index is 0.00515. The van der Waals surface area contributed by atoms with Gasteiger partial charge in [0.05, 0.1) is 38.3 Å². The molecule has 1 aliphatic rings. The number of aliphatic hydroxyl groups is 1. The third kappa shape index (κ3) is 19.1. The van der Waals surface area contributed by atoms with Crippen LogP contribution in [0.3, 0.4) is 0 Å². The van der Waals surface area contributed by atoms with E-state index in [1.807, 2.05) is 0 Å². The first kappa shape index (κ1) is 46.9. The van der Waals surface area contributed by atoms with Crippen molar-refractivity contribution in [1.29, 1.82) is 0 Å². The molecule has 0 saturated heterocycles. The number of esters is 5. The number of ether oxygens (including phenoxy) is 9. The second kappa shape index (κ2) is 27.2. The molecule has 58 heavy (non-hydrogen) atoms. The fourth-order valence-corrected chi connectivity index (χ4v) is 5.44. The van der Waals surface area contributed by atoms with E-state index in [0.29, 0.717) is 87.6 Å². The fourth-order valence-electron chi connectivity index (χ4n) is 5.44. The van der Waals surface area contributed by atoms with Crippen molar-refractivity contribution in [3.05, 3.63) is 86.5 Å². The molecular weight excluding hydrogens is 756 g/mol. The molecule has 2 atom stereocenters. The minimum atomic E-state index is -0.843. The maximum Gasteiger partial charge on any atom is 0.330 e. The van der Waals surface area contributed by atoms with Crippen molar-refractivity contribution in [1.82, 2.24) is 0 Å². The number of aliphatic hydroxyl groups excluding tert-OH is 1. The summed E-state index contributed by atoms with van der Waals surface area (Å²) >= 11 is 0. The summed E-state index contributed by atoms with van der Waals surface area (Å²) in [6.07, 6.45) is 6.14. The lowest BCUT2D eigenvalue weighted by Crippen LogP contribution is -2.30. The van der Waals surface area contributed by atoms with E-state index in [9.17, 15) is 29.1 Å². The van der Waals surface area contributed by atoms with Crippen LogP contribution in [0.4, 0.5) is 0 Å². The first-order valence-electron chi connectivity index (χ1n) is 19.2. The summed E-state index contributed by atoms with van der Waals surface area (Å²) in [6, 6.07) is 13.0. The largest absolute Gasteiger partial charge is 0.491 e. The van der Waals surface area contributed by atoms with Crippen molar-refractivity contribution in [2.45, 2.75) is 63.6 Å². The molecule has 1 saturated carbocycles. The van der Waals surface area contributed by atoms with Gasteiger partial charge in [-0.15, -0.1) is 0 Å². The van der Waals surface area contributed by atoms with Crippen molar-refractivity contribution in [3.8, 4) is 23.0 Å². The van der Waals surface area contributed by atoms with Crippen LogP contribution in [0.25, 0.3) is 0 Å². The molecule has 2 aromatic carbocycles. The lowest BCUT2D eigenvalue weighted by atomic mass is 9.82. The highest BCUT2D eigenvalue weighted by atomic mass is 16.6. The van der Waals surface area contributed by atoms with Gasteiger partial charge in [-0.3, -0.25) is 9.59 Å². The Morgan fingerprint density at radius 3 is 1.40 bits per heavy atom. The van der Waals surface area contributed by atoms with Crippen LogP contribution in [0, 0.1) is 11.8 Å². The monoisotopic (exact) mass is 810 g/mol. The lowest BCUT2D eigenvalue weighted by molar-refractivity contribution is -0.148. The van der Waals surface area contributed by atoms with Crippen molar-refractivity contribution in [3.63, 3.8) is 0 Å². The van der Waals surface area contributed by atoms with Crippen LogP contribution in [0.15, 0.2) is 86.5 Å². The van der Waals surface area contributed by atoms with Crippen LogP contribution < -0.4 is 18.9 Å². The third-order valence-electron chi connectivity index (χ3n) is 8.61. The molecule has 3 rings (SSSR count). The fraction of sp³-hybridized carbons (Fsp3) is 0.465. The Labute approximate surface area is 338 Å². The Kier molecular flexibility index (Phi) is 22.0. The quantitative estimate of drug-likeness (QED) is 0.0384. The van der Waals surface area contributed by atoms with E-state index in [0.717, 1.165) is 18.2 Å². The first-order chi connectivity index (χ1) is 28.1. The molecule has 0 bridgehead atoms. The number of rotatable bonds is 28. The summed E-state index contributed by atoms with van der Waals surface area (Å²) in [4.78, 5) is 59.7. The van der Waals surface area contributed by atoms with Gasteiger partial charge in [0.25, 0.3) is 0 Å². The molecule has 15 nitrogen and oxygen atoms in total. The lowest BCUT2D eigenvalue weighted by Gasteiger charge is -2.25. The van der Waals surface area contributed by atoms with E-state index in [1.54, 1.807) is 48.5 Å². The normalized spacial score (nSPS) is 15.7. The molecule has 0 aromatic heterocycles. The summed E-state index contributed by atoms with van der Waals surface area (Å²) in [5, 5.41) is 10.1. The molecule has 1 fully saturated rings. The van der Waals surface area contributed by atoms with E-state index in [2.05, 4.69) is 19.7 Å². The predicted molar refractivity (Wildman–Crippen MR) is 209 cm³/mol. The van der Waals surface area contributed by atoms with Crippen LogP contribution >= 0.6 is 0 Å². The second-order valence-corrected chi connectivity index (χ2v) is 13.2. The topological polar surface area (TPSA) is 189 Å². The molecule has 0 spiro atoms. The molecule has 0 amide bonds. The van der Waals surface area contributed by atoms with Gasteiger partial charge in [-0.25, -0.2) is 14.4 Å². The average molecular weight is 811 g/mol. The Hall–Kier alpha value is -5.51. The molecular formula is C43H54O15. The standard InChI is InChI=1S/C43H54O15/c1-4-39(45)52-25-9-7-23-50-27-33(44)28-54-34-15-19-36(20-16-34)57-42(48)31-11-13-32(14-12-31)43(49)58-37-21-17-35(18-22-37)55-30-38(56-41(47)6-3)29-51-24-8-10-26-53-40(46)5-2/h4-6,15-22,31-33,38,44H,1-3,7-14,23-30H2. The molecule has 0 heterocycles. The van der Waals surface area contributed by atoms with Crippen molar-refractivity contribution < 1.29 is 71.7 Å².